The van der Waals surface area contributed by atoms with E-state index in [4.69, 9.17) is 0 Å². The van der Waals surface area contributed by atoms with Gasteiger partial charge in [-0.3, -0.25) is 13.9 Å². The first kappa shape index (κ1) is 21.1. The van der Waals surface area contributed by atoms with Crippen molar-refractivity contribution in [1.29, 1.82) is 0 Å². The zero-order valence-corrected chi connectivity index (χ0v) is 17.1. The molecule has 0 N–H and O–H groups in total. The molecule has 154 valence electrons. The molecule has 1 aromatic carbocycles. The third kappa shape index (κ3) is 4.07. The van der Waals surface area contributed by atoms with Gasteiger partial charge in [0.1, 0.15) is 16.2 Å². The highest BCUT2D eigenvalue weighted by Crippen LogP contribution is 2.31. The fraction of sp³-hybridized carbons (Fsp3) is 0.368. The van der Waals surface area contributed by atoms with Gasteiger partial charge in [0.2, 0.25) is 0 Å². The van der Waals surface area contributed by atoms with E-state index in [0.717, 1.165) is 16.7 Å². The van der Waals surface area contributed by atoms with Crippen molar-refractivity contribution in [3.8, 4) is 0 Å². The minimum atomic E-state index is -4.39. The highest BCUT2D eigenvalue weighted by Gasteiger charge is 2.30. The van der Waals surface area contributed by atoms with Crippen LogP contribution >= 0.6 is 11.8 Å². The normalized spacial score (nSPS) is 12.1. The quantitative estimate of drug-likeness (QED) is 0.474. The first-order valence-corrected chi connectivity index (χ1v) is 9.76. The largest absolute Gasteiger partial charge is 0.416 e. The van der Waals surface area contributed by atoms with Gasteiger partial charge in [-0.15, -0.1) is 11.8 Å². The maximum atomic E-state index is 12.7. The Morgan fingerprint density at radius 2 is 1.66 bits per heavy atom. The maximum Gasteiger partial charge on any atom is 0.416 e. The lowest BCUT2D eigenvalue weighted by molar-refractivity contribution is -0.137. The first-order chi connectivity index (χ1) is 13.5. The van der Waals surface area contributed by atoms with Crippen LogP contribution in [0.3, 0.4) is 0 Å². The Balaban J connectivity index is 2.06. The highest BCUT2D eigenvalue weighted by atomic mass is 32.2. The van der Waals surface area contributed by atoms with Gasteiger partial charge < -0.3 is 0 Å². The summed E-state index contributed by atoms with van der Waals surface area (Å²) in [5, 5.41) is 0.616. The third-order valence-electron chi connectivity index (χ3n) is 4.46. The number of rotatable bonds is 4. The fourth-order valence-electron chi connectivity index (χ4n) is 2.75. The van der Waals surface area contributed by atoms with Crippen molar-refractivity contribution in [3.05, 3.63) is 62.1 Å². The Kier molecular flexibility index (Phi) is 5.57. The second kappa shape index (κ2) is 7.66. The fourth-order valence-corrected chi connectivity index (χ4v) is 3.73. The summed E-state index contributed by atoms with van der Waals surface area (Å²) in [6, 6.07) is 4.85. The SMILES string of the molecule is CC(C)c1nc(SCc2ccc(C(F)(F)F)cc2)c2c(=O)n(C)c(=O)n(C)c2n1. The van der Waals surface area contributed by atoms with Crippen LogP contribution < -0.4 is 11.2 Å². The lowest BCUT2D eigenvalue weighted by Gasteiger charge is -2.13. The van der Waals surface area contributed by atoms with Crippen LogP contribution in [-0.4, -0.2) is 19.1 Å². The van der Waals surface area contributed by atoms with Crippen LogP contribution in [0.15, 0.2) is 38.9 Å². The van der Waals surface area contributed by atoms with Crippen molar-refractivity contribution in [2.45, 2.75) is 36.7 Å². The average Bonchev–Trinajstić information content (AvgIpc) is 2.67. The molecule has 0 aliphatic heterocycles. The molecule has 2 heterocycles. The molecule has 3 rings (SSSR count). The molecule has 2 aromatic heterocycles. The number of hydrogen-bond donors (Lipinski definition) is 0. The number of benzene rings is 1. The van der Waals surface area contributed by atoms with Crippen molar-refractivity contribution in [2.75, 3.05) is 0 Å². The smallest absolute Gasteiger partial charge is 0.280 e. The maximum absolute atomic E-state index is 12.7. The van der Waals surface area contributed by atoms with E-state index in [1.807, 2.05) is 13.8 Å². The number of thioether (sulfide) groups is 1. The summed E-state index contributed by atoms with van der Waals surface area (Å²) in [7, 11) is 2.91. The predicted octanol–water partition coefficient (Wildman–Crippen LogP) is 3.46. The minimum absolute atomic E-state index is 0.0380. The van der Waals surface area contributed by atoms with Crippen LogP contribution in [0.2, 0.25) is 0 Å². The van der Waals surface area contributed by atoms with Gasteiger partial charge in [0.05, 0.1) is 5.56 Å². The van der Waals surface area contributed by atoms with Crippen molar-refractivity contribution < 1.29 is 13.2 Å². The van der Waals surface area contributed by atoms with E-state index in [0.29, 0.717) is 22.2 Å². The summed E-state index contributed by atoms with van der Waals surface area (Å²) in [5.41, 5.74) is -0.818. The molecule has 10 heteroatoms. The standard InChI is InChI=1S/C19H19F3N4O2S/c1-10(2)14-23-15-13(17(27)26(4)18(28)25(15)3)16(24-14)29-9-11-5-7-12(8-6-11)19(20,21)22/h5-8,10H,9H2,1-4H3. The molecule has 0 spiro atoms. The van der Waals surface area contributed by atoms with E-state index in [1.54, 1.807) is 0 Å². The van der Waals surface area contributed by atoms with Crippen molar-refractivity contribution in [1.82, 2.24) is 19.1 Å². The molecule has 0 aliphatic carbocycles. The molecule has 0 radical (unpaired) electrons. The van der Waals surface area contributed by atoms with Crippen LogP contribution in [0, 0.1) is 0 Å². The summed E-state index contributed by atoms with van der Waals surface area (Å²) in [4.78, 5) is 33.8. The van der Waals surface area contributed by atoms with Gasteiger partial charge >= 0.3 is 11.9 Å². The summed E-state index contributed by atoms with van der Waals surface area (Å²) in [6.45, 7) is 3.79. The molecule has 6 nitrogen and oxygen atoms in total. The summed E-state index contributed by atoms with van der Waals surface area (Å²) < 4.78 is 40.5. The molecular formula is C19H19F3N4O2S. The van der Waals surface area contributed by atoms with E-state index >= 15 is 0 Å². The molecule has 0 bridgehead atoms. The number of aryl methyl sites for hydroxylation is 1. The molecule has 0 amide bonds. The second-order valence-corrected chi connectivity index (χ2v) is 7.89. The van der Waals surface area contributed by atoms with Gasteiger partial charge in [0.15, 0.2) is 5.65 Å². The van der Waals surface area contributed by atoms with Gasteiger partial charge in [-0.1, -0.05) is 26.0 Å². The molecule has 3 aromatic rings. The van der Waals surface area contributed by atoms with E-state index in [-0.39, 0.29) is 17.0 Å². The van der Waals surface area contributed by atoms with E-state index in [9.17, 15) is 22.8 Å². The number of aromatic nitrogens is 4. The molecule has 0 atom stereocenters. The van der Waals surface area contributed by atoms with Crippen LogP contribution in [-0.2, 0) is 26.0 Å². The average molecular weight is 424 g/mol. The monoisotopic (exact) mass is 424 g/mol. The summed E-state index contributed by atoms with van der Waals surface area (Å²) >= 11 is 1.22. The predicted molar refractivity (Wildman–Crippen MR) is 105 cm³/mol. The number of nitrogens with zero attached hydrogens (tertiary/aromatic N) is 4. The Bertz CT molecular complexity index is 1180. The third-order valence-corrected chi connectivity index (χ3v) is 5.50. The lowest BCUT2D eigenvalue weighted by atomic mass is 10.1. The van der Waals surface area contributed by atoms with Crippen LogP contribution in [0.25, 0.3) is 11.0 Å². The van der Waals surface area contributed by atoms with E-state index in [1.165, 1.54) is 42.6 Å². The Morgan fingerprint density at radius 3 is 2.21 bits per heavy atom. The van der Waals surface area contributed by atoms with E-state index < -0.39 is 23.0 Å². The minimum Gasteiger partial charge on any atom is -0.280 e. The summed E-state index contributed by atoms with van der Waals surface area (Å²) in [5.74, 6) is 0.757. The Hall–Kier alpha value is -2.62. The second-order valence-electron chi connectivity index (χ2n) is 6.93. The summed E-state index contributed by atoms with van der Waals surface area (Å²) in [6.07, 6.45) is -4.39. The van der Waals surface area contributed by atoms with Gasteiger partial charge in [0, 0.05) is 25.8 Å². The van der Waals surface area contributed by atoms with Crippen molar-refractivity contribution >= 4 is 22.8 Å². The van der Waals surface area contributed by atoms with E-state index in [2.05, 4.69) is 9.97 Å². The number of fused-ring (bicyclic) bond motifs is 1. The zero-order valence-electron chi connectivity index (χ0n) is 16.2. The molecule has 0 saturated carbocycles. The van der Waals surface area contributed by atoms with Crippen molar-refractivity contribution in [3.63, 3.8) is 0 Å². The molecule has 0 aliphatic rings. The van der Waals surface area contributed by atoms with Gasteiger partial charge in [-0.2, -0.15) is 13.2 Å². The Morgan fingerprint density at radius 1 is 1.03 bits per heavy atom. The van der Waals surface area contributed by atoms with Crippen LogP contribution in [0.1, 0.15) is 36.7 Å². The number of hydrogen-bond acceptors (Lipinski definition) is 5. The molecule has 29 heavy (non-hydrogen) atoms. The molecule has 0 fully saturated rings. The van der Waals surface area contributed by atoms with Gasteiger partial charge in [-0.05, 0) is 17.7 Å². The van der Waals surface area contributed by atoms with Gasteiger partial charge in [-0.25, -0.2) is 14.8 Å². The highest BCUT2D eigenvalue weighted by molar-refractivity contribution is 7.98. The van der Waals surface area contributed by atoms with Crippen LogP contribution in [0.5, 0.6) is 0 Å². The van der Waals surface area contributed by atoms with Gasteiger partial charge in [0.25, 0.3) is 5.56 Å². The molecule has 0 saturated heterocycles. The lowest BCUT2D eigenvalue weighted by Crippen LogP contribution is -2.37. The number of halogens is 3. The molecular weight excluding hydrogens is 405 g/mol. The van der Waals surface area contributed by atoms with Crippen LogP contribution in [0.4, 0.5) is 13.2 Å². The zero-order chi connectivity index (χ0) is 21.5. The molecule has 0 unspecified atom stereocenters. The Labute approximate surface area is 168 Å². The first-order valence-electron chi connectivity index (χ1n) is 8.77. The topological polar surface area (TPSA) is 69.8 Å². The number of alkyl halides is 3. The van der Waals surface area contributed by atoms with Crippen molar-refractivity contribution in [2.24, 2.45) is 14.1 Å².